The molecule has 1 N–H and O–H groups in total. The SMILES string of the molecule is O=C(NC1CCCC1)c1nc(N2CCCCCC2)c2oc3ccccc3c2n1. The first-order valence-corrected chi connectivity index (χ1v) is 10.5. The number of rotatable bonds is 3. The van der Waals surface area contributed by atoms with Crippen LogP contribution in [0, 0.1) is 0 Å². The maximum atomic E-state index is 12.9. The van der Waals surface area contributed by atoms with Crippen LogP contribution < -0.4 is 10.2 Å². The molecule has 1 aliphatic carbocycles. The lowest BCUT2D eigenvalue weighted by atomic mass is 10.2. The lowest BCUT2D eigenvalue weighted by Gasteiger charge is -2.22. The van der Waals surface area contributed by atoms with Crippen molar-refractivity contribution in [2.45, 2.75) is 57.4 Å². The molecular formula is C22H26N4O2. The average Bonchev–Trinajstić information content (AvgIpc) is 3.27. The van der Waals surface area contributed by atoms with Crippen LogP contribution in [0.2, 0.25) is 0 Å². The van der Waals surface area contributed by atoms with Crippen molar-refractivity contribution in [1.29, 1.82) is 0 Å². The van der Waals surface area contributed by atoms with Crippen LogP contribution in [0.15, 0.2) is 28.7 Å². The minimum atomic E-state index is -0.171. The number of aromatic nitrogens is 2. The largest absolute Gasteiger partial charge is 0.450 e. The van der Waals surface area contributed by atoms with Gasteiger partial charge in [-0.1, -0.05) is 37.8 Å². The zero-order chi connectivity index (χ0) is 18.9. The molecule has 0 atom stereocenters. The molecule has 1 aliphatic heterocycles. The molecule has 2 fully saturated rings. The van der Waals surface area contributed by atoms with Gasteiger partial charge in [-0.2, -0.15) is 0 Å². The van der Waals surface area contributed by atoms with E-state index in [1.807, 2.05) is 24.3 Å². The van der Waals surface area contributed by atoms with Gasteiger partial charge in [0.2, 0.25) is 5.82 Å². The number of hydrogen-bond donors (Lipinski definition) is 1. The highest BCUT2D eigenvalue weighted by molar-refractivity contribution is 6.07. The highest BCUT2D eigenvalue weighted by Crippen LogP contribution is 2.33. The molecular weight excluding hydrogens is 352 g/mol. The number of benzene rings is 1. The quantitative estimate of drug-likeness (QED) is 0.730. The second-order valence-corrected chi connectivity index (χ2v) is 8.00. The lowest BCUT2D eigenvalue weighted by molar-refractivity contribution is 0.0928. The number of carbonyl (C=O) groups excluding carboxylic acids is 1. The summed E-state index contributed by atoms with van der Waals surface area (Å²) >= 11 is 0. The van der Waals surface area contributed by atoms with Crippen LogP contribution in [-0.4, -0.2) is 35.0 Å². The van der Waals surface area contributed by atoms with Gasteiger partial charge in [0, 0.05) is 24.5 Å². The Morgan fingerprint density at radius 3 is 2.54 bits per heavy atom. The van der Waals surface area contributed by atoms with Gasteiger partial charge in [0.1, 0.15) is 11.1 Å². The Bertz CT molecular complexity index is 998. The van der Waals surface area contributed by atoms with E-state index >= 15 is 0 Å². The summed E-state index contributed by atoms with van der Waals surface area (Å²) in [7, 11) is 0. The predicted octanol–water partition coefficient (Wildman–Crippen LogP) is 4.43. The number of furan rings is 1. The summed E-state index contributed by atoms with van der Waals surface area (Å²) in [5.41, 5.74) is 2.22. The molecule has 2 aliphatic rings. The molecule has 0 bridgehead atoms. The monoisotopic (exact) mass is 378 g/mol. The van der Waals surface area contributed by atoms with Crippen LogP contribution in [0.25, 0.3) is 22.1 Å². The Hall–Kier alpha value is -2.63. The molecule has 146 valence electrons. The molecule has 1 aromatic carbocycles. The van der Waals surface area contributed by atoms with Gasteiger partial charge < -0.3 is 14.6 Å². The van der Waals surface area contributed by atoms with Crippen molar-refractivity contribution in [1.82, 2.24) is 15.3 Å². The Labute approximate surface area is 164 Å². The minimum Gasteiger partial charge on any atom is -0.450 e. The fourth-order valence-corrected chi connectivity index (χ4v) is 4.49. The molecule has 0 unspecified atom stereocenters. The van der Waals surface area contributed by atoms with Gasteiger partial charge in [-0.15, -0.1) is 0 Å². The van der Waals surface area contributed by atoms with E-state index in [0.717, 1.165) is 61.1 Å². The van der Waals surface area contributed by atoms with Crippen LogP contribution in [0.4, 0.5) is 5.82 Å². The first-order chi connectivity index (χ1) is 13.8. The second kappa shape index (κ2) is 7.41. The van der Waals surface area contributed by atoms with E-state index in [4.69, 9.17) is 9.40 Å². The molecule has 1 saturated carbocycles. The standard InChI is InChI=1S/C22H26N4O2/c27-22(23-15-9-3-4-10-15)20-24-18-16-11-5-6-12-17(16)28-19(18)21(25-20)26-13-7-1-2-8-14-26/h5-6,11-12,15H,1-4,7-10,13-14H2,(H,23,27). The van der Waals surface area contributed by atoms with Crippen molar-refractivity contribution >= 4 is 33.8 Å². The van der Waals surface area contributed by atoms with Crippen molar-refractivity contribution in [2.75, 3.05) is 18.0 Å². The van der Waals surface area contributed by atoms with Gasteiger partial charge >= 0.3 is 0 Å². The normalized spacial score (nSPS) is 18.6. The summed E-state index contributed by atoms with van der Waals surface area (Å²) in [5, 5.41) is 4.07. The van der Waals surface area contributed by atoms with Gasteiger partial charge in [-0.05, 0) is 37.8 Å². The minimum absolute atomic E-state index is 0.171. The molecule has 6 nitrogen and oxygen atoms in total. The number of fused-ring (bicyclic) bond motifs is 3. The van der Waals surface area contributed by atoms with Crippen LogP contribution in [0.5, 0.6) is 0 Å². The Balaban J connectivity index is 1.61. The fraction of sp³-hybridized carbons (Fsp3) is 0.500. The number of nitrogens with one attached hydrogen (secondary N) is 1. The fourth-order valence-electron chi connectivity index (χ4n) is 4.49. The first-order valence-electron chi connectivity index (χ1n) is 10.5. The highest BCUT2D eigenvalue weighted by Gasteiger charge is 2.25. The maximum Gasteiger partial charge on any atom is 0.289 e. The van der Waals surface area contributed by atoms with E-state index in [-0.39, 0.29) is 17.8 Å². The Morgan fingerprint density at radius 1 is 1.00 bits per heavy atom. The third-order valence-corrected chi connectivity index (χ3v) is 6.00. The van der Waals surface area contributed by atoms with Gasteiger partial charge in [-0.25, -0.2) is 9.97 Å². The topological polar surface area (TPSA) is 71.3 Å². The third-order valence-electron chi connectivity index (χ3n) is 6.00. The smallest absolute Gasteiger partial charge is 0.289 e. The summed E-state index contributed by atoms with van der Waals surface area (Å²) in [6.45, 7) is 1.87. The van der Waals surface area contributed by atoms with Crippen LogP contribution in [0.3, 0.4) is 0 Å². The number of anilines is 1. The average molecular weight is 378 g/mol. The molecule has 6 heteroatoms. The molecule has 0 spiro atoms. The van der Waals surface area contributed by atoms with Crippen LogP contribution in [-0.2, 0) is 0 Å². The van der Waals surface area contributed by atoms with Gasteiger partial charge in [0.15, 0.2) is 11.4 Å². The highest BCUT2D eigenvalue weighted by atomic mass is 16.3. The van der Waals surface area contributed by atoms with E-state index in [1.165, 1.54) is 25.7 Å². The predicted molar refractivity (Wildman–Crippen MR) is 110 cm³/mol. The molecule has 5 rings (SSSR count). The van der Waals surface area contributed by atoms with Crippen molar-refractivity contribution in [3.63, 3.8) is 0 Å². The summed E-state index contributed by atoms with van der Waals surface area (Å²) in [6.07, 6.45) is 9.18. The second-order valence-electron chi connectivity index (χ2n) is 8.00. The van der Waals surface area contributed by atoms with Gasteiger partial charge in [0.25, 0.3) is 5.91 Å². The summed E-state index contributed by atoms with van der Waals surface area (Å²) in [5.74, 6) is 0.847. The summed E-state index contributed by atoms with van der Waals surface area (Å²) in [4.78, 5) is 24.5. The molecule has 3 heterocycles. The third kappa shape index (κ3) is 3.21. The zero-order valence-corrected chi connectivity index (χ0v) is 16.1. The van der Waals surface area contributed by atoms with E-state index in [0.29, 0.717) is 5.58 Å². The van der Waals surface area contributed by atoms with Crippen molar-refractivity contribution in [3.8, 4) is 0 Å². The van der Waals surface area contributed by atoms with Gasteiger partial charge in [-0.3, -0.25) is 4.79 Å². The molecule has 2 aromatic heterocycles. The number of carbonyl (C=O) groups is 1. The van der Waals surface area contributed by atoms with Crippen molar-refractivity contribution in [2.24, 2.45) is 0 Å². The molecule has 1 amide bonds. The van der Waals surface area contributed by atoms with Crippen LogP contribution in [0.1, 0.15) is 62.0 Å². The number of para-hydroxylation sites is 1. The van der Waals surface area contributed by atoms with Gasteiger partial charge in [0.05, 0.1) is 0 Å². The van der Waals surface area contributed by atoms with E-state index in [9.17, 15) is 4.79 Å². The molecule has 28 heavy (non-hydrogen) atoms. The number of hydrogen-bond acceptors (Lipinski definition) is 5. The summed E-state index contributed by atoms with van der Waals surface area (Å²) < 4.78 is 6.15. The van der Waals surface area contributed by atoms with Crippen LogP contribution >= 0.6 is 0 Å². The Morgan fingerprint density at radius 2 is 1.75 bits per heavy atom. The van der Waals surface area contributed by atoms with E-state index in [2.05, 4.69) is 15.2 Å². The maximum absolute atomic E-state index is 12.9. The van der Waals surface area contributed by atoms with E-state index in [1.54, 1.807) is 0 Å². The number of amides is 1. The molecule has 0 radical (unpaired) electrons. The van der Waals surface area contributed by atoms with E-state index < -0.39 is 0 Å². The van der Waals surface area contributed by atoms with Crippen molar-refractivity contribution < 1.29 is 9.21 Å². The summed E-state index contributed by atoms with van der Waals surface area (Å²) in [6, 6.07) is 8.12. The molecule has 3 aromatic rings. The Kier molecular flexibility index (Phi) is 4.63. The number of nitrogens with zero attached hydrogens (tertiary/aromatic N) is 3. The lowest BCUT2D eigenvalue weighted by Crippen LogP contribution is -2.34. The first kappa shape index (κ1) is 17.5. The zero-order valence-electron chi connectivity index (χ0n) is 16.1. The van der Waals surface area contributed by atoms with Crippen molar-refractivity contribution in [3.05, 3.63) is 30.1 Å². The molecule has 1 saturated heterocycles.